The molecule has 2 rings (SSSR count). The summed E-state index contributed by atoms with van der Waals surface area (Å²) in [5, 5.41) is 3.54. The van der Waals surface area contributed by atoms with Gasteiger partial charge in [-0.2, -0.15) is 0 Å². The molecule has 0 saturated heterocycles. The van der Waals surface area contributed by atoms with E-state index in [9.17, 15) is 0 Å². The second-order valence-electron chi connectivity index (χ2n) is 4.41. The third-order valence-electron chi connectivity index (χ3n) is 3.07. The number of ether oxygens (including phenoxy) is 1. The van der Waals surface area contributed by atoms with Crippen LogP contribution in [0.25, 0.3) is 0 Å². The van der Waals surface area contributed by atoms with Gasteiger partial charge in [0.15, 0.2) is 0 Å². The average molecular weight is 220 g/mol. The van der Waals surface area contributed by atoms with Gasteiger partial charge in [0.05, 0.1) is 6.61 Å². The maximum absolute atomic E-state index is 5.49. The van der Waals surface area contributed by atoms with Gasteiger partial charge >= 0.3 is 0 Å². The van der Waals surface area contributed by atoms with Crippen molar-refractivity contribution in [3.8, 4) is 5.88 Å². The minimum Gasteiger partial charge on any atom is -0.478 e. The molecule has 1 aromatic heterocycles. The van der Waals surface area contributed by atoms with Gasteiger partial charge in [0.2, 0.25) is 5.88 Å². The summed E-state index contributed by atoms with van der Waals surface area (Å²) in [4.78, 5) is 4.24. The fourth-order valence-corrected chi connectivity index (χ4v) is 1.86. The van der Waals surface area contributed by atoms with E-state index in [2.05, 4.69) is 23.3 Å². The summed E-state index contributed by atoms with van der Waals surface area (Å²) in [6, 6.07) is 4.64. The number of hydrogen-bond acceptors (Lipinski definition) is 3. The molecule has 3 heteroatoms. The molecule has 1 N–H and O–H groups in total. The molecule has 0 aromatic carbocycles. The van der Waals surface area contributed by atoms with Crippen LogP contribution < -0.4 is 10.1 Å². The van der Waals surface area contributed by atoms with Gasteiger partial charge in [0, 0.05) is 24.3 Å². The Balaban J connectivity index is 1.91. The van der Waals surface area contributed by atoms with Crippen LogP contribution in [0.1, 0.15) is 32.3 Å². The van der Waals surface area contributed by atoms with E-state index in [1.165, 1.54) is 12.8 Å². The van der Waals surface area contributed by atoms with E-state index in [-0.39, 0.29) is 0 Å². The highest BCUT2D eigenvalue weighted by Gasteiger charge is 2.27. The van der Waals surface area contributed by atoms with Crippen molar-refractivity contribution in [2.45, 2.75) is 39.3 Å². The summed E-state index contributed by atoms with van der Waals surface area (Å²) in [7, 11) is 0. The van der Waals surface area contributed by atoms with Crippen LogP contribution in [0, 0.1) is 5.92 Å². The standard InChI is InChI=1S/C13H20N2O/c1-3-16-13-12(5-4-8-14-13)9-15-10(2)11-6-7-11/h4-5,8,10-11,15H,3,6-7,9H2,1-2H3. The van der Waals surface area contributed by atoms with Crippen LogP contribution in [0.2, 0.25) is 0 Å². The molecule has 0 radical (unpaired) electrons. The molecule has 88 valence electrons. The summed E-state index contributed by atoms with van der Waals surface area (Å²) in [6.45, 7) is 5.76. The first-order valence-corrected chi connectivity index (χ1v) is 6.11. The molecule has 1 saturated carbocycles. The van der Waals surface area contributed by atoms with Crippen molar-refractivity contribution in [3.05, 3.63) is 23.9 Å². The van der Waals surface area contributed by atoms with Crippen LogP contribution in [-0.4, -0.2) is 17.6 Å². The van der Waals surface area contributed by atoms with Gasteiger partial charge in [-0.1, -0.05) is 6.07 Å². The van der Waals surface area contributed by atoms with E-state index in [0.29, 0.717) is 12.6 Å². The molecule has 1 fully saturated rings. The number of aromatic nitrogens is 1. The molecular formula is C13H20N2O. The number of hydrogen-bond donors (Lipinski definition) is 1. The predicted octanol–water partition coefficient (Wildman–Crippen LogP) is 2.37. The normalized spacial score (nSPS) is 17.1. The molecule has 3 nitrogen and oxygen atoms in total. The van der Waals surface area contributed by atoms with Crippen molar-refractivity contribution in [3.63, 3.8) is 0 Å². The largest absolute Gasteiger partial charge is 0.478 e. The molecule has 0 spiro atoms. The number of nitrogens with zero attached hydrogens (tertiary/aromatic N) is 1. The van der Waals surface area contributed by atoms with E-state index >= 15 is 0 Å². The highest BCUT2D eigenvalue weighted by molar-refractivity contribution is 5.25. The Kier molecular flexibility index (Phi) is 3.78. The smallest absolute Gasteiger partial charge is 0.217 e. The van der Waals surface area contributed by atoms with Crippen molar-refractivity contribution >= 4 is 0 Å². The highest BCUT2D eigenvalue weighted by atomic mass is 16.5. The Morgan fingerprint density at radius 2 is 2.38 bits per heavy atom. The lowest BCUT2D eigenvalue weighted by Gasteiger charge is -2.14. The van der Waals surface area contributed by atoms with Crippen LogP contribution in [0.4, 0.5) is 0 Å². The molecule has 0 bridgehead atoms. The van der Waals surface area contributed by atoms with Crippen molar-refractivity contribution in [1.29, 1.82) is 0 Å². The zero-order valence-corrected chi connectivity index (χ0v) is 10.1. The summed E-state index contributed by atoms with van der Waals surface area (Å²) in [6.07, 6.45) is 4.53. The third kappa shape index (κ3) is 2.95. The highest BCUT2D eigenvalue weighted by Crippen LogP contribution is 2.32. The van der Waals surface area contributed by atoms with Gasteiger partial charge in [-0.15, -0.1) is 0 Å². The quantitative estimate of drug-likeness (QED) is 0.799. The fraction of sp³-hybridized carbons (Fsp3) is 0.615. The Bertz CT molecular complexity index is 336. The van der Waals surface area contributed by atoms with Crippen molar-refractivity contribution < 1.29 is 4.74 Å². The van der Waals surface area contributed by atoms with E-state index in [0.717, 1.165) is 23.9 Å². The van der Waals surface area contributed by atoms with Gasteiger partial charge in [-0.05, 0) is 38.7 Å². The second-order valence-corrected chi connectivity index (χ2v) is 4.41. The minimum atomic E-state index is 0.606. The summed E-state index contributed by atoms with van der Waals surface area (Å²) < 4.78 is 5.49. The van der Waals surface area contributed by atoms with Crippen LogP contribution in [0.5, 0.6) is 5.88 Å². The lowest BCUT2D eigenvalue weighted by atomic mass is 10.2. The van der Waals surface area contributed by atoms with E-state index in [1.807, 2.05) is 13.0 Å². The lowest BCUT2D eigenvalue weighted by Crippen LogP contribution is -2.27. The van der Waals surface area contributed by atoms with E-state index < -0.39 is 0 Å². The molecule has 1 aromatic rings. The summed E-state index contributed by atoms with van der Waals surface area (Å²) in [5.74, 6) is 1.65. The summed E-state index contributed by atoms with van der Waals surface area (Å²) >= 11 is 0. The molecule has 1 aliphatic carbocycles. The lowest BCUT2D eigenvalue weighted by molar-refractivity contribution is 0.320. The Hall–Kier alpha value is -1.09. The Labute approximate surface area is 97.2 Å². The van der Waals surface area contributed by atoms with Crippen LogP contribution in [-0.2, 0) is 6.54 Å². The third-order valence-corrected chi connectivity index (χ3v) is 3.07. The first kappa shape index (κ1) is 11.4. The van der Waals surface area contributed by atoms with Gasteiger partial charge < -0.3 is 10.1 Å². The van der Waals surface area contributed by atoms with Gasteiger partial charge in [-0.25, -0.2) is 4.98 Å². The van der Waals surface area contributed by atoms with Crippen LogP contribution in [0.15, 0.2) is 18.3 Å². The first-order valence-electron chi connectivity index (χ1n) is 6.11. The zero-order chi connectivity index (χ0) is 11.4. The molecule has 16 heavy (non-hydrogen) atoms. The van der Waals surface area contributed by atoms with Gasteiger partial charge in [0.25, 0.3) is 0 Å². The molecule has 1 heterocycles. The maximum Gasteiger partial charge on any atom is 0.217 e. The number of pyridine rings is 1. The predicted molar refractivity (Wildman–Crippen MR) is 64.4 cm³/mol. The van der Waals surface area contributed by atoms with Gasteiger partial charge in [-0.3, -0.25) is 0 Å². The fourth-order valence-electron chi connectivity index (χ4n) is 1.86. The summed E-state index contributed by atoms with van der Waals surface area (Å²) in [5.41, 5.74) is 1.15. The SMILES string of the molecule is CCOc1ncccc1CNC(C)C1CC1. The van der Waals surface area contributed by atoms with E-state index in [1.54, 1.807) is 6.20 Å². The molecular weight excluding hydrogens is 200 g/mol. The Morgan fingerprint density at radius 3 is 3.06 bits per heavy atom. The van der Waals surface area contributed by atoms with Crippen molar-refractivity contribution in [2.24, 2.45) is 5.92 Å². The average Bonchev–Trinajstić information content (AvgIpc) is 3.12. The molecule has 1 aliphatic rings. The van der Waals surface area contributed by atoms with Gasteiger partial charge in [0.1, 0.15) is 0 Å². The van der Waals surface area contributed by atoms with Crippen LogP contribution in [0.3, 0.4) is 0 Å². The second kappa shape index (κ2) is 5.30. The zero-order valence-electron chi connectivity index (χ0n) is 10.1. The molecule has 1 unspecified atom stereocenters. The minimum absolute atomic E-state index is 0.606. The van der Waals surface area contributed by atoms with Crippen molar-refractivity contribution in [2.75, 3.05) is 6.61 Å². The molecule has 0 aliphatic heterocycles. The van der Waals surface area contributed by atoms with Crippen molar-refractivity contribution in [1.82, 2.24) is 10.3 Å². The van der Waals surface area contributed by atoms with E-state index in [4.69, 9.17) is 4.74 Å². The monoisotopic (exact) mass is 220 g/mol. The number of nitrogens with one attached hydrogen (secondary N) is 1. The first-order chi connectivity index (χ1) is 7.81. The van der Waals surface area contributed by atoms with Crippen LogP contribution >= 0.6 is 0 Å². The molecule has 1 atom stereocenters. The topological polar surface area (TPSA) is 34.1 Å². The number of rotatable bonds is 6. The Morgan fingerprint density at radius 1 is 1.56 bits per heavy atom. The maximum atomic E-state index is 5.49. The molecule has 0 amide bonds.